The van der Waals surface area contributed by atoms with Gasteiger partial charge >= 0.3 is 0 Å². The summed E-state index contributed by atoms with van der Waals surface area (Å²) in [7, 11) is 0. The van der Waals surface area contributed by atoms with Crippen molar-refractivity contribution in [2.75, 3.05) is 0 Å². The average Bonchev–Trinajstić information content (AvgIpc) is 1.59. The Morgan fingerprint density at radius 1 is 0.114 bits per heavy atom. The molecule has 27 rings (SSSR count). The first-order valence-electron chi connectivity index (χ1n) is 45.2. The summed E-state index contributed by atoms with van der Waals surface area (Å²) in [5.41, 5.74) is 34.6. The zero-order valence-corrected chi connectivity index (χ0v) is 72.1. The van der Waals surface area contributed by atoms with E-state index in [1.165, 1.54) is 204 Å². The lowest BCUT2D eigenvalue weighted by Crippen LogP contribution is -1.98. The zero-order chi connectivity index (χ0) is 87.1. The highest BCUT2D eigenvalue weighted by Crippen LogP contribution is 2.45. The van der Waals surface area contributed by atoms with E-state index in [-0.39, 0.29) is 0 Å². The highest BCUT2D eigenvalue weighted by atomic mass is 15.1. The maximum atomic E-state index is 5.12. The smallest absolute Gasteiger partial charge is 0.138 e. The molecule has 7 heterocycles. The first-order chi connectivity index (χ1) is 65.5. The summed E-state index contributed by atoms with van der Waals surface area (Å²) >= 11 is 0. The summed E-state index contributed by atoms with van der Waals surface area (Å²) in [5.74, 6) is 0.917. The third kappa shape index (κ3) is 13.2. The van der Waals surface area contributed by atoms with Gasteiger partial charge in [0.1, 0.15) is 5.82 Å². The van der Waals surface area contributed by atoms with Crippen molar-refractivity contribution in [1.82, 2.24) is 32.4 Å². The minimum atomic E-state index is 0.917. The van der Waals surface area contributed by atoms with Crippen molar-refractivity contribution in [3.63, 3.8) is 0 Å². The van der Waals surface area contributed by atoms with Gasteiger partial charge in [-0.2, -0.15) is 0 Å². The summed E-state index contributed by atoms with van der Waals surface area (Å²) in [6, 6.07) is 181. The van der Waals surface area contributed by atoms with Gasteiger partial charge in [0.25, 0.3) is 0 Å². The van der Waals surface area contributed by atoms with E-state index < -0.39 is 0 Å². The second-order valence-electron chi connectivity index (χ2n) is 34.1. The molecule has 0 saturated heterocycles. The monoisotopic (exact) mass is 1680 g/mol. The SMILES string of the molecule is c1ccc(-c2ccc(-n3c4ccccc4c4cc(-c5ccc6c(c5)c5ccccc5n6-c5ccccc5)ccc43)cc2)cc1.c1ccc(-c2cccc(-n3c4ccccc4c4cc(-c5ccc6c(c5)c5ccccc5n6-c5ccccc5)ccc43)c2)cc1.c1ccc(-c2cccc(-n3c4ccccc4c4cc(-c5ccc6c(c5)c5ccccc5n6-c5ccccc5)ccc43)n2)cc1. The maximum absolute atomic E-state index is 5.12. The minimum absolute atomic E-state index is 0.917. The lowest BCUT2D eigenvalue weighted by Gasteiger charge is -2.11. The van der Waals surface area contributed by atoms with Gasteiger partial charge in [-0.1, -0.05) is 322 Å². The van der Waals surface area contributed by atoms with Gasteiger partial charge in [-0.05, 0) is 238 Å². The van der Waals surface area contributed by atoms with E-state index in [1.807, 2.05) is 6.07 Å². The molecule has 0 saturated carbocycles. The van der Waals surface area contributed by atoms with Gasteiger partial charge in [0, 0.05) is 98.6 Å². The summed E-state index contributed by atoms with van der Waals surface area (Å²) in [5, 5.41) is 15.1. The molecule has 0 N–H and O–H groups in total. The van der Waals surface area contributed by atoms with Gasteiger partial charge in [-0.3, -0.25) is 4.57 Å². The Hall–Kier alpha value is -17.7. The van der Waals surface area contributed by atoms with Crippen LogP contribution in [0, 0.1) is 0 Å². The minimum Gasteiger partial charge on any atom is -0.309 e. The van der Waals surface area contributed by atoms with E-state index in [9.17, 15) is 0 Å². The number of hydrogen-bond donors (Lipinski definition) is 0. The van der Waals surface area contributed by atoms with Crippen LogP contribution in [0.4, 0.5) is 0 Å². The third-order valence-corrected chi connectivity index (χ3v) is 26.6. The summed E-state index contributed by atoms with van der Waals surface area (Å²) in [4.78, 5) is 5.12. The molecular weight excluding hydrogens is 1600 g/mol. The first-order valence-corrected chi connectivity index (χ1v) is 45.2. The van der Waals surface area contributed by atoms with Gasteiger partial charge < -0.3 is 22.8 Å². The Labute approximate surface area is 762 Å². The molecule has 0 aliphatic rings. The molecule has 20 aromatic carbocycles. The fourth-order valence-corrected chi connectivity index (χ4v) is 20.5. The number of aromatic nitrogens is 7. The highest BCUT2D eigenvalue weighted by molar-refractivity contribution is 6.17. The Morgan fingerprint density at radius 3 is 0.644 bits per heavy atom. The molecule has 27 aromatic rings. The largest absolute Gasteiger partial charge is 0.309 e. The fourth-order valence-electron chi connectivity index (χ4n) is 20.5. The van der Waals surface area contributed by atoms with Crippen LogP contribution < -0.4 is 0 Å². The van der Waals surface area contributed by atoms with Crippen LogP contribution in [0.25, 0.3) is 232 Å². The van der Waals surface area contributed by atoms with Crippen molar-refractivity contribution in [2.24, 2.45) is 0 Å². The quantitative estimate of drug-likeness (QED) is 0.120. The van der Waals surface area contributed by atoms with Gasteiger partial charge in [0.2, 0.25) is 0 Å². The average molecular weight is 1680 g/mol. The third-order valence-electron chi connectivity index (χ3n) is 26.6. The fraction of sp³-hybridized carbons (Fsp3) is 0. The molecule has 132 heavy (non-hydrogen) atoms. The normalized spacial score (nSPS) is 11.6. The predicted octanol–water partition coefficient (Wildman–Crippen LogP) is 33.0. The van der Waals surface area contributed by atoms with Gasteiger partial charge in [-0.15, -0.1) is 0 Å². The second kappa shape index (κ2) is 32.3. The van der Waals surface area contributed by atoms with Crippen molar-refractivity contribution < 1.29 is 0 Å². The van der Waals surface area contributed by atoms with E-state index in [1.54, 1.807) is 0 Å². The molecule has 7 heteroatoms. The van der Waals surface area contributed by atoms with Crippen LogP contribution in [-0.2, 0) is 0 Å². The maximum Gasteiger partial charge on any atom is 0.138 e. The number of pyridine rings is 1. The van der Waals surface area contributed by atoms with Gasteiger partial charge in [0.05, 0.1) is 71.9 Å². The highest BCUT2D eigenvalue weighted by Gasteiger charge is 2.23. The second-order valence-corrected chi connectivity index (χ2v) is 34.1. The van der Waals surface area contributed by atoms with Crippen LogP contribution in [-0.4, -0.2) is 32.4 Å². The van der Waals surface area contributed by atoms with E-state index in [0.29, 0.717) is 0 Å². The van der Waals surface area contributed by atoms with Crippen LogP contribution in [0.1, 0.15) is 0 Å². The van der Waals surface area contributed by atoms with Crippen molar-refractivity contribution in [2.45, 2.75) is 0 Å². The van der Waals surface area contributed by atoms with Crippen LogP contribution >= 0.6 is 0 Å². The van der Waals surface area contributed by atoms with Crippen LogP contribution in [0.3, 0.4) is 0 Å². The number of nitrogens with zero attached hydrogens (tertiary/aromatic N) is 7. The lowest BCUT2D eigenvalue weighted by atomic mass is 10.0. The van der Waals surface area contributed by atoms with Crippen LogP contribution in [0.2, 0.25) is 0 Å². The molecule has 0 aliphatic heterocycles. The molecule has 0 spiro atoms. The Morgan fingerprint density at radius 2 is 0.318 bits per heavy atom. The van der Waals surface area contributed by atoms with Crippen LogP contribution in [0.5, 0.6) is 0 Å². The molecule has 618 valence electrons. The molecule has 7 aromatic heterocycles. The standard InChI is InChI=1S/2C42H28N2.C41H27N3/c1-3-12-29(13-4-1)30-14-11-17-34(26-30)44-40-21-10-8-19-36(40)38-28-32(23-25-42(38)44)31-22-24-41-37(27-31)35-18-7-9-20-39(35)43(41)33-15-5-2-6-16-33;1-3-11-29(12-4-1)30-19-23-34(24-20-30)44-40-18-10-8-16-36(40)38-28-32(22-26-42(38)44)31-21-25-41-37(27-31)35-15-7-9-17-39(35)43(41)33-13-5-2-6-14-33;1-3-12-28(13-4-1)36-18-11-21-41(42-36)44-38-20-10-8-17-33(38)35-27-30(23-25-40(35)44)29-22-24-39-34(26-29)32-16-7-9-19-37(32)43(39)31-14-5-2-6-15-31/h2*1-28H;1-27H. The summed E-state index contributed by atoms with van der Waals surface area (Å²) < 4.78 is 14.2. The molecule has 0 aliphatic carbocycles. The van der Waals surface area contributed by atoms with E-state index in [4.69, 9.17) is 4.98 Å². The van der Waals surface area contributed by atoms with Crippen molar-refractivity contribution >= 4 is 131 Å². The number of fused-ring (bicyclic) bond motifs is 18. The molecule has 0 unspecified atom stereocenters. The van der Waals surface area contributed by atoms with Gasteiger partial charge in [0.15, 0.2) is 0 Å². The van der Waals surface area contributed by atoms with Gasteiger partial charge in [-0.25, -0.2) is 4.98 Å². The number of para-hydroxylation sites is 9. The Bertz CT molecular complexity index is 8760. The molecule has 0 amide bonds. The van der Waals surface area contributed by atoms with E-state index in [2.05, 4.69) is 525 Å². The Kier molecular flexibility index (Phi) is 18.8. The molecule has 0 bridgehead atoms. The van der Waals surface area contributed by atoms with Crippen LogP contribution in [0.15, 0.2) is 504 Å². The summed E-state index contributed by atoms with van der Waals surface area (Å²) in [6.07, 6.45) is 0. The van der Waals surface area contributed by atoms with E-state index in [0.717, 1.165) is 28.1 Å². The molecule has 0 radical (unpaired) electrons. The molecule has 7 nitrogen and oxygen atoms in total. The number of rotatable bonds is 12. The number of hydrogen-bond acceptors (Lipinski definition) is 1. The first kappa shape index (κ1) is 76.8. The molecule has 0 fully saturated rings. The van der Waals surface area contributed by atoms with Crippen molar-refractivity contribution in [1.29, 1.82) is 0 Å². The number of benzene rings is 20. The Balaban J connectivity index is 0.000000106. The van der Waals surface area contributed by atoms with E-state index >= 15 is 0 Å². The summed E-state index contributed by atoms with van der Waals surface area (Å²) in [6.45, 7) is 0. The van der Waals surface area contributed by atoms with Crippen molar-refractivity contribution in [3.8, 4) is 101 Å². The predicted molar refractivity (Wildman–Crippen MR) is 556 cm³/mol. The topological polar surface area (TPSA) is 42.5 Å². The molecule has 0 atom stereocenters. The van der Waals surface area contributed by atoms with Crippen molar-refractivity contribution in [3.05, 3.63) is 504 Å². The lowest BCUT2D eigenvalue weighted by molar-refractivity contribution is 1.08. The molecular formula is C125H83N7. The zero-order valence-electron chi connectivity index (χ0n) is 72.1.